The molecular formula is C17H20O3. The molecule has 0 bridgehead atoms. The van der Waals surface area contributed by atoms with Gasteiger partial charge in [-0.3, -0.25) is 0 Å². The number of carbonyl (C=O) groups excluding carboxylic acids is 1. The smallest absolute Gasteiger partial charge is 0.337 e. The Morgan fingerprint density at radius 3 is 2.45 bits per heavy atom. The van der Waals surface area contributed by atoms with Crippen LogP contribution < -0.4 is 0 Å². The summed E-state index contributed by atoms with van der Waals surface area (Å²) in [5.74, 6) is -0.491. The first-order valence-corrected chi connectivity index (χ1v) is 6.70. The zero-order valence-electron chi connectivity index (χ0n) is 12.2. The molecule has 0 saturated heterocycles. The highest BCUT2D eigenvalue weighted by atomic mass is 16.7. The molecule has 1 aromatic carbocycles. The van der Waals surface area contributed by atoms with Crippen LogP contribution >= 0.6 is 0 Å². The van der Waals surface area contributed by atoms with Crippen LogP contribution in [0.2, 0.25) is 0 Å². The van der Waals surface area contributed by atoms with E-state index in [9.17, 15) is 4.79 Å². The van der Waals surface area contributed by atoms with Crippen LogP contribution in [0, 0.1) is 0 Å². The molecule has 20 heavy (non-hydrogen) atoms. The Hall–Kier alpha value is -2.03. The van der Waals surface area contributed by atoms with Gasteiger partial charge in [0.05, 0.1) is 6.08 Å². The van der Waals surface area contributed by atoms with E-state index in [4.69, 9.17) is 9.47 Å². The molecular weight excluding hydrogens is 252 g/mol. The molecule has 0 radical (unpaired) electrons. The number of rotatable bonds is 4. The van der Waals surface area contributed by atoms with Crippen LogP contribution in [0.4, 0.5) is 0 Å². The van der Waals surface area contributed by atoms with E-state index in [-0.39, 0.29) is 11.9 Å². The van der Waals surface area contributed by atoms with Crippen LogP contribution in [0.5, 0.6) is 0 Å². The number of allylic oxidation sites excluding steroid dienone is 2. The van der Waals surface area contributed by atoms with Gasteiger partial charge in [-0.2, -0.15) is 0 Å². The van der Waals surface area contributed by atoms with E-state index in [1.807, 2.05) is 25.1 Å². The summed E-state index contributed by atoms with van der Waals surface area (Å²) in [5.41, 5.74) is 2.21. The molecule has 106 valence electrons. The second-order valence-corrected chi connectivity index (χ2v) is 5.55. The summed E-state index contributed by atoms with van der Waals surface area (Å²) in [4.78, 5) is 11.6. The van der Waals surface area contributed by atoms with Crippen molar-refractivity contribution in [2.75, 3.05) is 0 Å². The minimum absolute atomic E-state index is 0.129. The van der Waals surface area contributed by atoms with Gasteiger partial charge in [0, 0.05) is 26.2 Å². The number of hydrogen-bond donors (Lipinski definition) is 0. The van der Waals surface area contributed by atoms with Crippen molar-refractivity contribution in [2.24, 2.45) is 0 Å². The van der Waals surface area contributed by atoms with Crippen LogP contribution in [0.1, 0.15) is 38.7 Å². The highest BCUT2D eigenvalue weighted by molar-refractivity contribution is 5.83. The Morgan fingerprint density at radius 2 is 1.90 bits per heavy atom. The van der Waals surface area contributed by atoms with Gasteiger partial charge in [0.1, 0.15) is 5.76 Å². The Bertz CT molecular complexity index is 541. The third kappa shape index (κ3) is 3.50. The van der Waals surface area contributed by atoms with Crippen molar-refractivity contribution < 1.29 is 14.3 Å². The van der Waals surface area contributed by atoms with Crippen LogP contribution in [-0.2, 0) is 14.3 Å². The quantitative estimate of drug-likeness (QED) is 0.615. The Morgan fingerprint density at radius 1 is 1.25 bits per heavy atom. The van der Waals surface area contributed by atoms with Crippen LogP contribution in [0.15, 0.2) is 54.3 Å². The van der Waals surface area contributed by atoms with Gasteiger partial charge in [-0.25, -0.2) is 4.79 Å². The van der Waals surface area contributed by atoms with Gasteiger partial charge in [-0.15, -0.1) is 0 Å². The van der Waals surface area contributed by atoms with Crippen molar-refractivity contribution in [1.82, 2.24) is 0 Å². The topological polar surface area (TPSA) is 35.5 Å². The lowest BCUT2D eigenvalue weighted by molar-refractivity contribution is -0.206. The second-order valence-electron chi connectivity index (χ2n) is 5.55. The lowest BCUT2D eigenvalue weighted by Crippen LogP contribution is -2.34. The van der Waals surface area contributed by atoms with Crippen LogP contribution in [-0.4, -0.2) is 11.8 Å². The third-order valence-electron chi connectivity index (χ3n) is 3.20. The third-order valence-corrected chi connectivity index (χ3v) is 3.20. The molecule has 0 unspecified atom stereocenters. The number of carbonyl (C=O) groups is 1. The minimum Gasteiger partial charge on any atom is -0.457 e. The molecule has 2 rings (SSSR count). The fraction of sp³-hybridized carbons (Fsp3) is 0.353. The van der Waals surface area contributed by atoms with Gasteiger partial charge >= 0.3 is 5.97 Å². The van der Waals surface area contributed by atoms with Gasteiger partial charge in [0.2, 0.25) is 5.79 Å². The number of ether oxygens (including phenoxy) is 2. The lowest BCUT2D eigenvalue weighted by atomic mass is 9.89. The SMILES string of the molecule is C=C(C)[C@H](CC1=CC(=O)OC(C)(C)O1)c1ccccc1. The van der Waals surface area contributed by atoms with Crippen molar-refractivity contribution in [3.8, 4) is 0 Å². The van der Waals surface area contributed by atoms with E-state index < -0.39 is 5.79 Å². The van der Waals surface area contributed by atoms with E-state index in [1.54, 1.807) is 13.8 Å². The fourth-order valence-corrected chi connectivity index (χ4v) is 2.33. The first-order valence-electron chi connectivity index (χ1n) is 6.70. The summed E-state index contributed by atoms with van der Waals surface area (Å²) in [5, 5.41) is 0. The van der Waals surface area contributed by atoms with Gasteiger partial charge < -0.3 is 9.47 Å². The maximum Gasteiger partial charge on any atom is 0.337 e. The van der Waals surface area contributed by atoms with E-state index in [0.29, 0.717) is 12.2 Å². The molecule has 0 amide bonds. The summed E-state index contributed by atoms with van der Waals surface area (Å²) in [7, 11) is 0. The van der Waals surface area contributed by atoms with Gasteiger partial charge in [0.15, 0.2) is 0 Å². The van der Waals surface area contributed by atoms with Crippen molar-refractivity contribution in [1.29, 1.82) is 0 Å². The first kappa shape index (κ1) is 14.4. The molecule has 0 spiro atoms. The molecule has 0 fully saturated rings. The molecule has 0 N–H and O–H groups in total. The highest BCUT2D eigenvalue weighted by Crippen LogP contribution is 2.33. The molecule has 0 aromatic heterocycles. The Kier molecular flexibility index (Phi) is 3.98. The monoisotopic (exact) mass is 272 g/mol. The molecule has 1 aliphatic rings. The number of benzene rings is 1. The normalized spacial score (nSPS) is 18.6. The van der Waals surface area contributed by atoms with E-state index >= 15 is 0 Å². The lowest BCUT2D eigenvalue weighted by Gasteiger charge is -2.32. The minimum atomic E-state index is -0.905. The molecule has 1 aliphatic heterocycles. The van der Waals surface area contributed by atoms with Crippen molar-refractivity contribution in [3.63, 3.8) is 0 Å². The molecule has 1 heterocycles. The summed E-state index contributed by atoms with van der Waals surface area (Å²) >= 11 is 0. The highest BCUT2D eigenvalue weighted by Gasteiger charge is 2.31. The van der Waals surface area contributed by atoms with Gasteiger partial charge in [-0.1, -0.05) is 42.5 Å². The molecule has 0 saturated carbocycles. The average Bonchev–Trinajstić information content (AvgIpc) is 2.34. The zero-order valence-corrected chi connectivity index (χ0v) is 12.2. The van der Waals surface area contributed by atoms with Gasteiger partial charge in [-0.05, 0) is 12.5 Å². The molecule has 3 nitrogen and oxygen atoms in total. The van der Waals surface area contributed by atoms with E-state index in [1.165, 1.54) is 11.6 Å². The predicted octanol–water partition coefficient (Wildman–Crippen LogP) is 3.93. The summed E-state index contributed by atoms with van der Waals surface area (Å²) in [6.07, 6.45) is 2.03. The second kappa shape index (κ2) is 5.53. The number of cyclic esters (lactones) is 1. The van der Waals surface area contributed by atoms with Crippen molar-refractivity contribution in [2.45, 2.75) is 38.9 Å². The number of hydrogen-bond acceptors (Lipinski definition) is 3. The molecule has 0 aliphatic carbocycles. The van der Waals surface area contributed by atoms with Crippen molar-refractivity contribution in [3.05, 3.63) is 59.9 Å². The summed E-state index contributed by atoms with van der Waals surface area (Å²) in [6.45, 7) is 9.51. The maximum atomic E-state index is 11.6. The Labute approximate surface area is 119 Å². The Balaban J connectivity index is 2.22. The van der Waals surface area contributed by atoms with Crippen LogP contribution in [0.3, 0.4) is 0 Å². The van der Waals surface area contributed by atoms with E-state index in [2.05, 4.69) is 18.7 Å². The first-order chi connectivity index (χ1) is 9.37. The maximum absolute atomic E-state index is 11.6. The van der Waals surface area contributed by atoms with Crippen LogP contribution in [0.25, 0.3) is 0 Å². The zero-order chi connectivity index (χ0) is 14.8. The molecule has 3 heteroatoms. The summed E-state index contributed by atoms with van der Waals surface area (Å²) < 4.78 is 10.8. The average molecular weight is 272 g/mol. The largest absolute Gasteiger partial charge is 0.457 e. The van der Waals surface area contributed by atoms with Gasteiger partial charge in [0.25, 0.3) is 0 Å². The van der Waals surface area contributed by atoms with Crippen molar-refractivity contribution >= 4 is 5.97 Å². The number of esters is 1. The fourth-order valence-electron chi connectivity index (χ4n) is 2.33. The summed E-state index contributed by atoms with van der Waals surface area (Å²) in [6, 6.07) is 10.1. The molecule has 1 aromatic rings. The standard InChI is InChI=1S/C17H20O3/c1-12(2)15(13-8-6-5-7-9-13)10-14-11-16(18)20-17(3,4)19-14/h5-9,11,15H,1,10H2,2-4H3/t15-/m0/s1. The van der Waals surface area contributed by atoms with E-state index in [0.717, 1.165) is 5.57 Å². The molecule has 1 atom stereocenters. The predicted molar refractivity (Wildman–Crippen MR) is 78.0 cm³/mol.